The van der Waals surface area contributed by atoms with Gasteiger partial charge in [0, 0.05) is 45.0 Å². The summed E-state index contributed by atoms with van der Waals surface area (Å²) in [6.07, 6.45) is 7.12. The van der Waals surface area contributed by atoms with Crippen molar-refractivity contribution >= 4 is 11.7 Å². The molecule has 0 N–H and O–H groups in total. The molecule has 2 aromatic rings. The zero-order valence-electron chi connectivity index (χ0n) is 17.5. The third-order valence-corrected chi connectivity index (χ3v) is 6.27. The number of likely N-dealkylation sites (N-methyl/N-ethyl adjacent to an activating group) is 1. The summed E-state index contributed by atoms with van der Waals surface area (Å²) in [5.74, 6) is 1.27. The molecule has 0 radical (unpaired) electrons. The molecular weight excluding hydrogens is 360 g/mol. The van der Waals surface area contributed by atoms with Crippen molar-refractivity contribution in [2.75, 3.05) is 38.1 Å². The van der Waals surface area contributed by atoms with Crippen molar-refractivity contribution in [3.8, 4) is 0 Å². The number of hydrogen-bond acceptors (Lipinski definition) is 4. The molecular formula is C24H32N4O. The highest BCUT2D eigenvalue weighted by atomic mass is 16.2. The fraction of sp³-hybridized carbons (Fsp3) is 0.500. The standard InChI is InChI=1S/C24H32N4O/c1-26-13-15-27(16-14-26)23-12-11-21(18-25-23)19-28(22-9-5-6-10-22)24(29)17-20-7-3-2-4-8-20/h2-4,7-8,11-12,18,22H,5-6,9-10,13-17,19H2,1H3. The lowest BCUT2D eigenvalue weighted by Crippen LogP contribution is -2.44. The van der Waals surface area contributed by atoms with Gasteiger partial charge in [-0.2, -0.15) is 0 Å². The highest BCUT2D eigenvalue weighted by molar-refractivity contribution is 5.79. The summed E-state index contributed by atoms with van der Waals surface area (Å²) in [7, 11) is 2.16. The van der Waals surface area contributed by atoms with E-state index in [-0.39, 0.29) is 5.91 Å². The number of nitrogens with zero attached hydrogens (tertiary/aromatic N) is 4. The van der Waals surface area contributed by atoms with Gasteiger partial charge in [0.05, 0.1) is 6.42 Å². The first-order valence-corrected chi connectivity index (χ1v) is 10.9. The zero-order valence-corrected chi connectivity index (χ0v) is 17.5. The maximum Gasteiger partial charge on any atom is 0.227 e. The average molecular weight is 393 g/mol. The second kappa shape index (κ2) is 9.40. The van der Waals surface area contributed by atoms with E-state index in [1.807, 2.05) is 36.5 Å². The first kappa shape index (κ1) is 19.9. The van der Waals surface area contributed by atoms with Gasteiger partial charge in [-0.05, 0) is 37.1 Å². The number of piperazine rings is 1. The predicted molar refractivity (Wildman–Crippen MR) is 117 cm³/mol. The number of amides is 1. The number of anilines is 1. The Bertz CT molecular complexity index is 778. The van der Waals surface area contributed by atoms with Crippen LogP contribution in [0.3, 0.4) is 0 Å². The normalized spacial score (nSPS) is 18.2. The monoisotopic (exact) mass is 392 g/mol. The van der Waals surface area contributed by atoms with Gasteiger partial charge in [0.15, 0.2) is 0 Å². The molecule has 29 heavy (non-hydrogen) atoms. The topological polar surface area (TPSA) is 39.7 Å². The minimum atomic E-state index is 0.228. The van der Waals surface area contributed by atoms with E-state index in [9.17, 15) is 4.79 Å². The van der Waals surface area contributed by atoms with E-state index in [0.29, 0.717) is 19.0 Å². The Hall–Kier alpha value is -2.40. The summed E-state index contributed by atoms with van der Waals surface area (Å²) in [5.41, 5.74) is 2.21. The second-order valence-corrected chi connectivity index (χ2v) is 8.44. The smallest absolute Gasteiger partial charge is 0.227 e. The summed E-state index contributed by atoms with van der Waals surface area (Å²) in [6.45, 7) is 4.85. The molecule has 1 saturated heterocycles. The highest BCUT2D eigenvalue weighted by Gasteiger charge is 2.27. The second-order valence-electron chi connectivity index (χ2n) is 8.44. The molecule has 5 nitrogen and oxygen atoms in total. The van der Waals surface area contributed by atoms with Gasteiger partial charge in [0.25, 0.3) is 0 Å². The Morgan fingerprint density at radius 2 is 1.72 bits per heavy atom. The Morgan fingerprint density at radius 3 is 2.38 bits per heavy atom. The molecule has 2 fully saturated rings. The van der Waals surface area contributed by atoms with Crippen molar-refractivity contribution in [1.82, 2.24) is 14.8 Å². The first-order chi connectivity index (χ1) is 14.2. The molecule has 2 heterocycles. The molecule has 0 unspecified atom stereocenters. The SMILES string of the molecule is CN1CCN(c2ccc(CN(C(=O)Cc3ccccc3)C3CCCC3)cn2)CC1. The van der Waals surface area contributed by atoms with Gasteiger partial charge in [-0.25, -0.2) is 4.98 Å². The summed E-state index contributed by atoms with van der Waals surface area (Å²) in [4.78, 5) is 24.7. The van der Waals surface area contributed by atoms with E-state index in [0.717, 1.165) is 56.0 Å². The van der Waals surface area contributed by atoms with Gasteiger partial charge in [-0.15, -0.1) is 0 Å². The van der Waals surface area contributed by atoms with E-state index in [1.165, 1.54) is 12.8 Å². The Balaban J connectivity index is 1.43. The van der Waals surface area contributed by atoms with Gasteiger partial charge in [-0.3, -0.25) is 4.79 Å². The number of benzene rings is 1. The maximum atomic E-state index is 13.1. The number of hydrogen-bond donors (Lipinski definition) is 0. The number of carbonyl (C=O) groups excluding carboxylic acids is 1. The van der Waals surface area contributed by atoms with Gasteiger partial charge >= 0.3 is 0 Å². The molecule has 2 aliphatic rings. The summed E-state index contributed by atoms with van der Waals surface area (Å²) < 4.78 is 0. The van der Waals surface area contributed by atoms with Crippen molar-refractivity contribution in [2.45, 2.75) is 44.7 Å². The lowest BCUT2D eigenvalue weighted by atomic mass is 10.1. The molecule has 1 saturated carbocycles. The Kier molecular flexibility index (Phi) is 6.45. The quantitative estimate of drug-likeness (QED) is 0.756. The molecule has 1 aliphatic carbocycles. The van der Waals surface area contributed by atoms with Crippen LogP contribution in [0.4, 0.5) is 5.82 Å². The van der Waals surface area contributed by atoms with Crippen molar-refractivity contribution < 1.29 is 4.79 Å². The third-order valence-electron chi connectivity index (χ3n) is 6.27. The van der Waals surface area contributed by atoms with Gasteiger partial charge < -0.3 is 14.7 Å². The van der Waals surface area contributed by atoms with Crippen LogP contribution in [0.25, 0.3) is 0 Å². The van der Waals surface area contributed by atoms with Crippen LogP contribution in [0.2, 0.25) is 0 Å². The van der Waals surface area contributed by atoms with Crippen molar-refractivity contribution in [3.05, 3.63) is 59.8 Å². The predicted octanol–water partition coefficient (Wildman–Crippen LogP) is 3.35. The largest absolute Gasteiger partial charge is 0.354 e. The van der Waals surface area contributed by atoms with Crippen molar-refractivity contribution in [1.29, 1.82) is 0 Å². The molecule has 154 valence electrons. The number of carbonyl (C=O) groups is 1. The van der Waals surface area contributed by atoms with Crippen LogP contribution in [0, 0.1) is 0 Å². The zero-order chi connectivity index (χ0) is 20.1. The van der Waals surface area contributed by atoms with E-state index in [2.05, 4.69) is 33.9 Å². The van der Waals surface area contributed by atoms with E-state index in [1.54, 1.807) is 0 Å². The molecule has 1 aromatic heterocycles. The highest BCUT2D eigenvalue weighted by Crippen LogP contribution is 2.26. The van der Waals surface area contributed by atoms with E-state index < -0.39 is 0 Å². The Morgan fingerprint density at radius 1 is 1.00 bits per heavy atom. The molecule has 0 atom stereocenters. The lowest BCUT2D eigenvalue weighted by Gasteiger charge is -2.33. The lowest BCUT2D eigenvalue weighted by molar-refractivity contribution is -0.133. The number of rotatable bonds is 6. The first-order valence-electron chi connectivity index (χ1n) is 10.9. The fourth-order valence-corrected chi connectivity index (χ4v) is 4.44. The average Bonchev–Trinajstić information content (AvgIpc) is 3.28. The third kappa shape index (κ3) is 5.15. The fourth-order valence-electron chi connectivity index (χ4n) is 4.44. The summed E-state index contributed by atoms with van der Waals surface area (Å²) in [6, 6.07) is 14.7. The number of aromatic nitrogens is 1. The molecule has 0 spiro atoms. The van der Waals surface area contributed by atoms with E-state index >= 15 is 0 Å². The molecule has 1 aliphatic heterocycles. The van der Waals surface area contributed by atoms with Crippen molar-refractivity contribution in [3.63, 3.8) is 0 Å². The summed E-state index contributed by atoms with van der Waals surface area (Å²) >= 11 is 0. The Labute approximate surface area is 174 Å². The van der Waals surface area contributed by atoms with Crippen molar-refractivity contribution in [2.24, 2.45) is 0 Å². The van der Waals surface area contributed by atoms with Crippen LogP contribution in [0.15, 0.2) is 48.7 Å². The molecule has 5 heteroatoms. The van der Waals surface area contributed by atoms with Crippen LogP contribution in [0.5, 0.6) is 0 Å². The van der Waals surface area contributed by atoms with Gasteiger partial charge in [-0.1, -0.05) is 49.2 Å². The van der Waals surface area contributed by atoms with E-state index in [4.69, 9.17) is 4.98 Å². The van der Waals surface area contributed by atoms with Crippen LogP contribution < -0.4 is 4.90 Å². The van der Waals surface area contributed by atoms with Crippen LogP contribution in [0.1, 0.15) is 36.8 Å². The summed E-state index contributed by atoms with van der Waals surface area (Å²) in [5, 5.41) is 0. The van der Waals surface area contributed by atoms with Gasteiger partial charge in [0.1, 0.15) is 5.82 Å². The number of pyridine rings is 1. The minimum Gasteiger partial charge on any atom is -0.354 e. The van der Waals surface area contributed by atoms with Crippen LogP contribution in [-0.2, 0) is 17.8 Å². The van der Waals surface area contributed by atoms with Crippen LogP contribution >= 0.6 is 0 Å². The minimum absolute atomic E-state index is 0.228. The van der Waals surface area contributed by atoms with Gasteiger partial charge in [0.2, 0.25) is 5.91 Å². The molecule has 4 rings (SSSR count). The molecule has 1 aromatic carbocycles. The van der Waals surface area contributed by atoms with Crippen LogP contribution in [-0.4, -0.2) is 60.0 Å². The maximum absolute atomic E-state index is 13.1. The molecule has 0 bridgehead atoms. The molecule has 1 amide bonds.